The summed E-state index contributed by atoms with van der Waals surface area (Å²) in [7, 11) is -2.36. The van der Waals surface area contributed by atoms with E-state index < -0.39 is 10.0 Å². The van der Waals surface area contributed by atoms with Crippen molar-refractivity contribution in [1.82, 2.24) is 5.16 Å². The predicted molar refractivity (Wildman–Crippen MR) is 100 cm³/mol. The van der Waals surface area contributed by atoms with Gasteiger partial charge in [-0.25, -0.2) is 8.42 Å². The molecule has 1 aromatic heterocycles. The summed E-state index contributed by atoms with van der Waals surface area (Å²) in [5, 5.41) is 4.48. The molecule has 0 aliphatic heterocycles. The van der Waals surface area contributed by atoms with Crippen LogP contribution in [0.25, 0.3) is 11.3 Å². The van der Waals surface area contributed by atoms with Crippen LogP contribution in [0.15, 0.2) is 51.9 Å². The third kappa shape index (κ3) is 3.51. The zero-order valence-corrected chi connectivity index (χ0v) is 16.1. The van der Waals surface area contributed by atoms with E-state index in [9.17, 15) is 8.42 Å². The summed E-state index contributed by atoms with van der Waals surface area (Å²) in [6.07, 6.45) is 0. The molecule has 0 spiro atoms. The second-order valence-electron chi connectivity index (χ2n) is 5.35. The van der Waals surface area contributed by atoms with Crippen LogP contribution in [0.5, 0.6) is 5.75 Å². The molecule has 0 radical (unpaired) electrons. The van der Waals surface area contributed by atoms with E-state index in [2.05, 4.69) is 9.88 Å². The maximum absolute atomic E-state index is 12.6. The highest BCUT2D eigenvalue weighted by molar-refractivity contribution is 7.92. The summed E-state index contributed by atoms with van der Waals surface area (Å²) in [4.78, 5) is 0.123. The topological polar surface area (TPSA) is 81.4 Å². The molecule has 6 nitrogen and oxygen atoms in total. The summed E-state index contributed by atoms with van der Waals surface area (Å²) in [5.74, 6) is 0.631. The number of hydrogen-bond acceptors (Lipinski definition) is 5. The molecule has 0 aliphatic carbocycles. The van der Waals surface area contributed by atoms with Crippen LogP contribution in [0.2, 0.25) is 10.0 Å². The molecule has 136 valence electrons. The Kier molecular flexibility index (Phi) is 5.13. The van der Waals surface area contributed by atoms with Gasteiger partial charge in [-0.2, -0.15) is 0 Å². The first kappa shape index (κ1) is 18.6. The number of rotatable bonds is 5. The highest BCUT2D eigenvalue weighted by Gasteiger charge is 2.23. The first-order chi connectivity index (χ1) is 12.3. The lowest BCUT2D eigenvalue weighted by Crippen LogP contribution is -2.13. The minimum absolute atomic E-state index is 0.123. The third-order valence-corrected chi connectivity index (χ3v) is 5.56. The number of halogens is 2. The molecule has 0 fully saturated rings. The zero-order valence-electron chi connectivity index (χ0n) is 13.8. The van der Waals surface area contributed by atoms with Gasteiger partial charge in [0.25, 0.3) is 10.0 Å². The molecule has 9 heteroatoms. The van der Waals surface area contributed by atoms with E-state index in [-0.39, 0.29) is 26.3 Å². The molecule has 2 aromatic carbocycles. The Labute approximate surface area is 160 Å². The summed E-state index contributed by atoms with van der Waals surface area (Å²) in [6, 6.07) is 11.1. The number of methoxy groups -OCH3 is 1. The normalized spacial score (nSPS) is 11.4. The standard InChI is InChI=1S/C17H14Cl2N2O4S/c1-10-15(21-26(22,23)12-6-4-3-5-7-12)16(20-25-10)11-8-13(18)17(24-2)14(19)9-11/h3-9,21H,1-2H3. The fraction of sp³-hybridized carbons (Fsp3) is 0.118. The number of aromatic nitrogens is 1. The van der Waals surface area contributed by atoms with Crippen molar-refractivity contribution >= 4 is 38.9 Å². The van der Waals surface area contributed by atoms with Gasteiger partial charge in [-0.1, -0.05) is 46.6 Å². The highest BCUT2D eigenvalue weighted by atomic mass is 35.5. The van der Waals surface area contributed by atoms with Gasteiger partial charge >= 0.3 is 0 Å². The van der Waals surface area contributed by atoms with Gasteiger partial charge in [0.2, 0.25) is 0 Å². The fourth-order valence-corrected chi connectivity index (χ4v) is 4.16. The van der Waals surface area contributed by atoms with Crippen LogP contribution in [-0.4, -0.2) is 20.7 Å². The van der Waals surface area contributed by atoms with Crippen LogP contribution in [0, 0.1) is 6.92 Å². The van der Waals surface area contributed by atoms with Crippen molar-refractivity contribution in [1.29, 1.82) is 0 Å². The second-order valence-corrected chi connectivity index (χ2v) is 7.85. The molecule has 0 amide bonds. The molecule has 0 unspecified atom stereocenters. The molecular formula is C17H14Cl2N2O4S. The first-order valence-electron chi connectivity index (χ1n) is 7.41. The number of aryl methyl sites for hydroxylation is 1. The number of benzene rings is 2. The second kappa shape index (κ2) is 7.19. The van der Waals surface area contributed by atoms with E-state index in [1.807, 2.05) is 0 Å². The fourth-order valence-electron chi connectivity index (χ4n) is 2.37. The van der Waals surface area contributed by atoms with Crippen LogP contribution in [0.4, 0.5) is 5.69 Å². The smallest absolute Gasteiger partial charge is 0.262 e. The van der Waals surface area contributed by atoms with Crippen molar-refractivity contribution in [2.24, 2.45) is 0 Å². The Hall–Kier alpha value is -2.22. The predicted octanol–water partition coefficient (Wildman–Crippen LogP) is 4.77. The van der Waals surface area contributed by atoms with Crippen molar-refractivity contribution in [3.63, 3.8) is 0 Å². The average Bonchev–Trinajstić information content (AvgIpc) is 2.95. The van der Waals surface area contributed by atoms with Gasteiger partial charge in [-0.15, -0.1) is 0 Å². The maximum Gasteiger partial charge on any atom is 0.262 e. The Morgan fingerprint density at radius 1 is 1.12 bits per heavy atom. The van der Waals surface area contributed by atoms with Crippen LogP contribution in [-0.2, 0) is 10.0 Å². The average molecular weight is 413 g/mol. The SMILES string of the molecule is COc1c(Cl)cc(-c2noc(C)c2NS(=O)(=O)c2ccccc2)cc1Cl. The molecule has 0 saturated carbocycles. The minimum atomic E-state index is -3.81. The van der Waals surface area contributed by atoms with Gasteiger partial charge in [0.15, 0.2) is 11.5 Å². The molecule has 1 N–H and O–H groups in total. The first-order valence-corrected chi connectivity index (χ1v) is 9.65. The van der Waals surface area contributed by atoms with Crippen LogP contribution in [0.1, 0.15) is 5.76 Å². The summed E-state index contributed by atoms with van der Waals surface area (Å²) in [5.41, 5.74) is 0.975. The highest BCUT2D eigenvalue weighted by Crippen LogP contribution is 2.40. The van der Waals surface area contributed by atoms with E-state index in [0.717, 1.165) is 0 Å². The van der Waals surface area contributed by atoms with Crippen molar-refractivity contribution in [2.45, 2.75) is 11.8 Å². The van der Waals surface area contributed by atoms with Gasteiger partial charge < -0.3 is 9.26 Å². The molecule has 3 aromatic rings. The van der Waals surface area contributed by atoms with Gasteiger partial charge in [-0.3, -0.25) is 4.72 Å². The number of hydrogen-bond donors (Lipinski definition) is 1. The Bertz CT molecular complexity index is 1030. The van der Waals surface area contributed by atoms with E-state index in [1.54, 1.807) is 37.3 Å². The molecular weight excluding hydrogens is 399 g/mol. The number of nitrogens with one attached hydrogen (secondary N) is 1. The Morgan fingerprint density at radius 3 is 2.31 bits per heavy atom. The maximum atomic E-state index is 12.6. The van der Waals surface area contributed by atoms with Crippen molar-refractivity contribution in [3.05, 3.63) is 58.3 Å². The largest absolute Gasteiger partial charge is 0.494 e. The van der Waals surface area contributed by atoms with Gasteiger partial charge in [-0.05, 0) is 31.2 Å². The van der Waals surface area contributed by atoms with Gasteiger partial charge in [0.05, 0.1) is 22.1 Å². The van der Waals surface area contributed by atoms with E-state index in [4.69, 9.17) is 32.5 Å². The lowest BCUT2D eigenvalue weighted by molar-refractivity contribution is 0.400. The van der Waals surface area contributed by atoms with E-state index >= 15 is 0 Å². The van der Waals surface area contributed by atoms with E-state index in [1.165, 1.54) is 19.2 Å². The zero-order chi connectivity index (χ0) is 18.9. The third-order valence-electron chi connectivity index (χ3n) is 3.63. The summed E-state index contributed by atoms with van der Waals surface area (Å²) in [6.45, 7) is 1.60. The lowest BCUT2D eigenvalue weighted by atomic mass is 10.1. The van der Waals surface area contributed by atoms with E-state index in [0.29, 0.717) is 17.1 Å². The number of ether oxygens (including phenoxy) is 1. The van der Waals surface area contributed by atoms with Crippen molar-refractivity contribution in [3.8, 4) is 17.0 Å². The lowest BCUT2D eigenvalue weighted by Gasteiger charge is -2.10. The number of nitrogens with zero attached hydrogens (tertiary/aromatic N) is 1. The molecule has 0 atom stereocenters. The Morgan fingerprint density at radius 2 is 1.73 bits per heavy atom. The van der Waals surface area contributed by atoms with Crippen molar-refractivity contribution in [2.75, 3.05) is 11.8 Å². The van der Waals surface area contributed by atoms with Crippen LogP contribution in [0.3, 0.4) is 0 Å². The summed E-state index contributed by atoms with van der Waals surface area (Å²) >= 11 is 12.3. The number of anilines is 1. The monoisotopic (exact) mass is 412 g/mol. The Balaban J connectivity index is 2.06. The molecule has 0 bridgehead atoms. The van der Waals surface area contributed by atoms with Crippen LogP contribution < -0.4 is 9.46 Å². The molecule has 26 heavy (non-hydrogen) atoms. The molecule has 0 saturated heterocycles. The molecule has 0 aliphatic rings. The molecule has 3 rings (SSSR count). The summed E-state index contributed by atoms with van der Waals surface area (Å²) < 4.78 is 38.0. The van der Waals surface area contributed by atoms with Gasteiger partial charge in [0, 0.05) is 5.56 Å². The van der Waals surface area contributed by atoms with Crippen molar-refractivity contribution < 1.29 is 17.7 Å². The number of sulfonamides is 1. The molecule has 1 heterocycles. The van der Waals surface area contributed by atoms with Crippen LogP contribution >= 0.6 is 23.2 Å². The quantitative estimate of drug-likeness (QED) is 0.652. The van der Waals surface area contributed by atoms with Gasteiger partial charge in [0.1, 0.15) is 11.4 Å². The minimum Gasteiger partial charge on any atom is -0.494 e.